The maximum Gasteiger partial charge on any atom is 0.173 e. The highest BCUT2D eigenvalue weighted by atomic mass is 32.2. The van der Waals surface area contributed by atoms with Crippen LogP contribution < -0.4 is 0 Å². The maximum absolute atomic E-state index is 12.5. The van der Waals surface area contributed by atoms with E-state index in [1.54, 1.807) is 23.5 Å². The lowest BCUT2D eigenvalue weighted by molar-refractivity contribution is 0.101. The van der Waals surface area contributed by atoms with Crippen molar-refractivity contribution >= 4 is 35.1 Å². The molecule has 0 aromatic heterocycles. The molecule has 0 aliphatic heterocycles. The Balaban J connectivity index is 1.34. The molecule has 0 aliphatic carbocycles. The predicted octanol–water partition coefficient (Wildman–Crippen LogP) is 7.30. The first-order chi connectivity index (χ1) is 15.7. The van der Waals surface area contributed by atoms with Crippen LogP contribution >= 0.6 is 23.5 Å². The monoisotopic (exact) mass is 454 g/mol. The number of Topliss-reactive ketones (excluding diaryl/α,β-unsaturated/α-hetero) is 2. The summed E-state index contributed by atoms with van der Waals surface area (Å²) in [5.41, 5.74) is 3.47. The van der Waals surface area contributed by atoms with Crippen LogP contribution in [0.15, 0.2) is 119 Å². The van der Waals surface area contributed by atoms with Gasteiger partial charge in [-0.15, -0.1) is 23.5 Å². The van der Waals surface area contributed by atoms with Gasteiger partial charge in [-0.3, -0.25) is 9.59 Å². The van der Waals surface area contributed by atoms with Gasteiger partial charge in [0.15, 0.2) is 11.6 Å². The lowest BCUT2D eigenvalue weighted by Crippen LogP contribution is -2.02. The third kappa shape index (κ3) is 6.00. The van der Waals surface area contributed by atoms with Crippen LogP contribution in [0.2, 0.25) is 0 Å². The summed E-state index contributed by atoms with van der Waals surface area (Å²) in [6.45, 7) is 0. The van der Waals surface area contributed by atoms with Gasteiger partial charge < -0.3 is 0 Å². The first kappa shape index (κ1) is 22.1. The molecule has 0 saturated carbocycles. The standard InChI is InChI=1S/C28H22O2S2/c29-27(19-31-25-7-3-1-4-8-25)23-15-11-21(12-16-23)22-13-17-24(18-14-22)28(30)20-32-26-9-5-2-6-10-26/h1-18H,19-20H2. The molecule has 0 spiro atoms. The van der Waals surface area contributed by atoms with Crippen molar-refractivity contribution in [3.8, 4) is 11.1 Å². The smallest absolute Gasteiger partial charge is 0.173 e. The third-order valence-electron chi connectivity index (χ3n) is 4.97. The van der Waals surface area contributed by atoms with Gasteiger partial charge in [-0.1, -0.05) is 84.9 Å². The Morgan fingerprint density at radius 3 is 1.16 bits per heavy atom. The van der Waals surface area contributed by atoms with E-state index in [4.69, 9.17) is 0 Å². The van der Waals surface area contributed by atoms with Gasteiger partial charge in [-0.2, -0.15) is 0 Å². The molecular weight excluding hydrogens is 432 g/mol. The molecule has 4 rings (SSSR count). The van der Waals surface area contributed by atoms with Gasteiger partial charge in [0.05, 0.1) is 11.5 Å². The number of thioether (sulfide) groups is 2. The van der Waals surface area contributed by atoms with E-state index in [1.165, 1.54) is 0 Å². The highest BCUT2D eigenvalue weighted by molar-refractivity contribution is 8.00. The Bertz CT molecular complexity index is 1070. The highest BCUT2D eigenvalue weighted by Gasteiger charge is 2.09. The summed E-state index contributed by atoms with van der Waals surface area (Å²) in [7, 11) is 0. The second-order valence-electron chi connectivity index (χ2n) is 7.20. The molecule has 0 N–H and O–H groups in total. The predicted molar refractivity (Wildman–Crippen MR) is 135 cm³/mol. The van der Waals surface area contributed by atoms with E-state index in [-0.39, 0.29) is 11.6 Å². The van der Waals surface area contributed by atoms with Gasteiger partial charge in [0.1, 0.15) is 0 Å². The molecule has 158 valence electrons. The summed E-state index contributed by atoms with van der Waals surface area (Å²) >= 11 is 3.09. The van der Waals surface area contributed by atoms with Crippen molar-refractivity contribution in [1.29, 1.82) is 0 Å². The lowest BCUT2D eigenvalue weighted by atomic mass is 10.0. The normalized spacial score (nSPS) is 10.6. The van der Waals surface area contributed by atoms with Crippen molar-refractivity contribution < 1.29 is 9.59 Å². The molecule has 4 aromatic carbocycles. The summed E-state index contributed by atoms with van der Waals surface area (Å²) in [6.07, 6.45) is 0. The van der Waals surface area contributed by atoms with Crippen LogP contribution in [0.3, 0.4) is 0 Å². The van der Waals surface area contributed by atoms with Crippen LogP contribution in [0.4, 0.5) is 0 Å². The molecule has 0 atom stereocenters. The average Bonchev–Trinajstić information content (AvgIpc) is 2.87. The molecule has 4 aromatic rings. The van der Waals surface area contributed by atoms with E-state index < -0.39 is 0 Å². The van der Waals surface area contributed by atoms with Crippen LogP contribution in [0.5, 0.6) is 0 Å². The minimum Gasteiger partial charge on any atom is -0.293 e. The number of rotatable bonds is 9. The van der Waals surface area contributed by atoms with Gasteiger partial charge >= 0.3 is 0 Å². The number of hydrogen-bond donors (Lipinski definition) is 0. The van der Waals surface area contributed by atoms with Gasteiger partial charge in [0.25, 0.3) is 0 Å². The molecule has 0 amide bonds. The molecule has 0 unspecified atom stereocenters. The van der Waals surface area contributed by atoms with Crippen molar-refractivity contribution in [3.05, 3.63) is 120 Å². The number of ketones is 2. The number of hydrogen-bond acceptors (Lipinski definition) is 4. The Morgan fingerprint density at radius 2 is 0.812 bits per heavy atom. The Labute approximate surface area is 197 Å². The van der Waals surface area contributed by atoms with Crippen molar-refractivity contribution in [3.63, 3.8) is 0 Å². The van der Waals surface area contributed by atoms with E-state index in [0.717, 1.165) is 20.9 Å². The van der Waals surface area contributed by atoms with Crippen LogP contribution in [-0.4, -0.2) is 23.1 Å². The fourth-order valence-corrected chi connectivity index (χ4v) is 4.82. The maximum atomic E-state index is 12.5. The summed E-state index contributed by atoms with van der Waals surface area (Å²) < 4.78 is 0. The molecule has 4 heteroatoms. The van der Waals surface area contributed by atoms with Crippen LogP contribution in [0, 0.1) is 0 Å². The largest absolute Gasteiger partial charge is 0.293 e. The number of carbonyl (C=O) groups is 2. The molecule has 0 heterocycles. The zero-order valence-corrected chi connectivity index (χ0v) is 19.1. The van der Waals surface area contributed by atoms with E-state index in [1.807, 2.05) is 109 Å². The number of carbonyl (C=O) groups excluding carboxylic acids is 2. The summed E-state index contributed by atoms with van der Waals surface area (Å²) in [5.74, 6) is 1.06. The van der Waals surface area contributed by atoms with E-state index in [2.05, 4.69) is 0 Å². The minimum atomic E-state index is 0.113. The fraction of sp³-hybridized carbons (Fsp3) is 0.0714. The molecule has 0 aliphatic rings. The average molecular weight is 455 g/mol. The van der Waals surface area contributed by atoms with E-state index >= 15 is 0 Å². The molecule has 0 radical (unpaired) electrons. The molecule has 2 nitrogen and oxygen atoms in total. The zero-order chi connectivity index (χ0) is 22.2. The first-order valence-corrected chi connectivity index (χ1v) is 12.3. The second kappa shape index (κ2) is 11.0. The fourth-order valence-electron chi connectivity index (χ4n) is 3.20. The van der Waals surface area contributed by atoms with Crippen molar-refractivity contribution in [2.45, 2.75) is 9.79 Å². The van der Waals surface area contributed by atoms with Gasteiger partial charge in [-0.25, -0.2) is 0 Å². The van der Waals surface area contributed by atoms with Gasteiger partial charge in [0.2, 0.25) is 0 Å². The summed E-state index contributed by atoms with van der Waals surface area (Å²) in [6, 6.07) is 35.2. The summed E-state index contributed by atoms with van der Waals surface area (Å²) in [4.78, 5) is 27.2. The van der Waals surface area contributed by atoms with Crippen molar-refractivity contribution in [2.24, 2.45) is 0 Å². The quantitative estimate of drug-likeness (QED) is 0.196. The van der Waals surface area contributed by atoms with Crippen molar-refractivity contribution in [2.75, 3.05) is 11.5 Å². The summed E-state index contributed by atoms with van der Waals surface area (Å²) in [5, 5.41) is 0. The molecule has 32 heavy (non-hydrogen) atoms. The SMILES string of the molecule is O=C(CSc1ccccc1)c1ccc(-c2ccc(C(=O)CSc3ccccc3)cc2)cc1. The molecular formula is C28H22O2S2. The number of benzene rings is 4. The van der Waals surface area contributed by atoms with Gasteiger partial charge in [0, 0.05) is 20.9 Å². The molecule has 0 fully saturated rings. The van der Waals surface area contributed by atoms with Crippen molar-refractivity contribution in [1.82, 2.24) is 0 Å². The van der Waals surface area contributed by atoms with Gasteiger partial charge in [-0.05, 0) is 35.4 Å². The zero-order valence-electron chi connectivity index (χ0n) is 17.4. The molecule has 0 bridgehead atoms. The first-order valence-electron chi connectivity index (χ1n) is 10.3. The highest BCUT2D eigenvalue weighted by Crippen LogP contribution is 2.24. The molecule has 0 saturated heterocycles. The van der Waals surface area contributed by atoms with E-state index in [0.29, 0.717) is 22.6 Å². The van der Waals surface area contributed by atoms with E-state index in [9.17, 15) is 9.59 Å². The Hall–Kier alpha value is -3.08. The van der Waals surface area contributed by atoms with Crippen LogP contribution in [0.1, 0.15) is 20.7 Å². The Morgan fingerprint density at radius 1 is 0.469 bits per heavy atom. The van der Waals surface area contributed by atoms with Crippen LogP contribution in [0.25, 0.3) is 11.1 Å². The minimum absolute atomic E-state index is 0.113. The lowest BCUT2D eigenvalue weighted by Gasteiger charge is -2.06. The second-order valence-corrected chi connectivity index (χ2v) is 9.30. The third-order valence-corrected chi connectivity index (χ3v) is 7.00. The Kier molecular flexibility index (Phi) is 7.59. The van der Waals surface area contributed by atoms with Crippen LogP contribution in [-0.2, 0) is 0 Å². The topological polar surface area (TPSA) is 34.1 Å².